The molecule has 16 heavy (non-hydrogen) atoms. The number of hydrogen-bond donors (Lipinski definition) is 1. The van der Waals surface area contributed by atoms with Crippen LogP contribution in [0.25, 0.3) is 0 Å². The largest absolute Gasteiger partial charge is 0.367 e. The van der Waals surface area contributed by atoms with Crippen molar-refractivity contribution in [2.24, 2.45) is 0 Å². The fraction of sp³-hybridized carbons (Fsp3) is 0.818. The molecular weight excluding hydrogens is 236 g/mol. The van der Waals surface area contributed by atoms with Crippen molar-refractivity contribution < 1.29 is 4.79 Å². The molecular formula is C11H22N2OSSi. The van der Waals surface area contributed by atoms with Gasteiger partial charge in [0.1, 0.15) is 6.04 Å². The minimum Gasteiger partial charge on any atom is -0.367 e. The first kappa shape index (κ1) is 13.6. The van der Waals surface area contributed by atoms with E-state index in [1.54, 1.807) is 0 Å². The van der Waals surface area contributed by atoms with Crippen LogP contribution < -0.4 is 5.32 Å². The van der Waals surface area contributed by atoms with Crippen molar-refractivity contribution in [2.45, 2.75) is 51.9 Å². The van der Waals surface area contributed by atoms with Gasteiger partial charge in [-0.25, -0.2) is 0 Å². The molecule has 1 atom stereocenters. The molecule has 1 heterocycles. The summed E-state index contributed by atoms with van der Waals surface area (Å²) in [5.74, 6) is 0.218. The summed E-state index contributed by atoms with van der Waals surface area (Å²) in [7, 11) is -1.68. The topological polar surface area (TPSA) is 32.3 Å². The Balaban J connectivity index is 2.69. The van der Waals surface area contributed by atoms with Crippen LogP contribution in [0.1, 0.15) is 27.7 Å². The Morgan fingerprint density at radius 1 is 1.50 bits per heavy atom. The third kappa shape index (κ3) is 2.30. The predicted octanol–water partition coefficient (Wildman–Crippen LogP) is 2.14. The van der Waals surface area contributed by atoms with Crippen LogP contribution in [-0.2, 0) is 4.79 Å². The van der Waals surface area contributed by atoms with E-state index in [0.29, 0.717) is 4.99 Å². The molecule has 0 radical (unpaired) electrons. The van der Waals surface area contributed by atoms with Crippen LogP contribution in [0.4, 0.5) is 0 Å². The van der Waals surface area contributed by atoms with E-state index in [4.69, 9.17) is 12.2 Å². The maximum absolute atomic E-state index is 12.0. The molecule has 1 saturated heterocycles. The van der Waals surface area contributed by atoms with Crippen LogP contribution in [0, 0.1) is 0 Å². The highest BCUT2D eigenvalue weighted by Crippen LogP contribution is 2.40. The molecule has 1 fully saturated rings. The number of carbonyl (C=O) groups excluding carboxylic acids is 1. The summed E-state index contributed by atoms with van der Waals surface area (Å²) in [6.07, 6.45) is 0. The molecule has 1 rings (SSSR count). The summed E-state index contributed by atoms with van der Waals surface area (Å²) >= 11 is 4.96. The van der Waals surface area contributed by atoms with Crippen molar-refractivity contribution in [3.8, 4) is 0 Å². The zero-order valence-corrected chi connectivity index (χ0v) is 12.9. The maximum Gasteiger partial charge on any atom is 0.239 e. The van der Waals surface area contributed by atoms with Gasteiger partial charge in [-0.05, 0) is 12.0 Å². The van der Waals surface area contributed by atoms with E-state index in [9.17, 15) is 4.79 Å². The number of rotatable bonds is 2. The Kier molecular flexibility index (Phi) is 3.50. The van der Waals surface area contributed by atoms with Gasteiger partial charge < -0.3 is 9.88 Å². The molecule has 0 aliphatic carbocycles. The number of amides is 1. The van der Waals surface area contributed by atoms with Crippen LogP contribution in [0.15, 0.2) is 0 Å². The van der Waals surface area contributed by atoms with E-state index in [2.05, 4.69) is 43.7 Å². The zero-order chi connectivity index (χ0) is 12.7. The van der Waals surface area contributed by atoms with Crippen molar-refractivity contribution in [2.75, 3.05) is 6.54 Å². The SMILES string of the molecule is CC(=S)NC1CN([Si](C)(C)C(C)(C)C)C1=O. The summed E-state index contributed by atoms with van der Waals surface area (Å²) in [5, 5.41) is 3.25. The fourth-order valence-electron chi connectivity index (χ4n) is 1.69. The molecule has 1 N–H and O–H groups in total. The summed E-state index contributed by atoms with van der Waals surface area (Å²) in [6, 6.07) is -0.0772. The minimum absolute atomic E-state index is 0.0772. The molecule has 0 spiro atoms. The Labute approximate surface area is 105 Å². The van der Waals surface area contributed by atoms with Gasteiger partial charge in [0, 0.05) is 6.54 Å². The van der Waals surface area contributed by atoms with Gasteiger partial charge in [-0.2, -0.15) is 0 Å². The van der Waals surface area contributed by atoms with E-state index in [1.165, 1.54) is 0 Å². The number of thiocarbonyl (C=S) groups is 1. The molecule has 1 amide bonds. The van der Waals surface area contributed by atoms with E-state index >= 15 is 0 Å². The third-order valence-electron chi connectivity index (χ3n) is 3.82. The number of β-lactam (4-membered cyclic amide) rings is 1. The average Bonchev–Trinajstić information content (AvgIpc) is 2.08. The van der Waals surface area contributed by atoms with E-state index in [1.807, 2.05) is 6.92 Å². The molecule has 1 aliphatic rings. The van der Waals surface area contributed by atoms with Gasteiger partial charge in [-0.1, -0.05) is 46.1 Å². The lowest BCUT2D eigenvalue weighted by atomic mass is 10.1. The summed E-state index contributed by atoms with van der Waals surface area (Å²) < 4.78 is 2.07. The zero-order valence-electron chi connectivity index (χ0n) is 11.0. The maximum atomic E-state index is 12.0. The molecule has 0 saturated carbocycles. The molecule has 0 aromatic carbocycles. The first-order chi connectivity index (χ1) is 7.07. The summed E-state index contributed by atoms with van der Waals surface area (Å²) in [6.45, 7) is 13.8. The monoisotopic (exact) mass is 258 g/mol. The van der Waals surface area contributed by atoms with Gasteiger partial charge in [0.05, 0.1) is 4.99 Å². The summed E-state index contributed by atoms with van der Waals surface area (Å²) in [4.78, 5) is 12.7. The Morgan fingerprint density at radius 3 is 2.31 bits per heavy atom. The van der Waals surface area contributed by atoms with E-state index in [0.717, 1.165) is 6.54 Å². The second-order valence-electron chi connectivity index (χ2n) is 6.01. The standard InChI is InChI=1S/C11H22N2OSSi/c1-8(15)12-9-7-13(10(9)14)16(5,6)11(2,3)4/h9H,7H2,1-6H3,(H,12,15). The molecule has 3 nitrogen and oxygen atoms in total. The lowest BCUT2D eigenvalue weighted by Gasteiger charge is -2.53. The van der Waals surface area contributed by atoms with Crippen LogP contribution >= 0.6 is 12.2 Å². The number of hydrogen-bond acceptors (Lipinski definition) is 2. The molecule has 1 unspecified atom stereocenters. The lowest BCUT2D eigenvalue weighted by Crippen LogP contribution is -2.73. The van der Waals surface area contributed by atoms with Gasteiger partial charge in [-0.15, -0.1) is 0 Å². The van der Waals surface area contributed by atoms with Gasteiger partial charge in [0.25, 0.3) is 0 Å². The van der Waals surface area contributed by atoms with Gasteiger partial charge in [0.15, 0.2) is 8.24 Å². The normalized spacial score (nSPS) is 21.8. The third-order valence-corrected chi connectivity index (χ3v) is 9.36. The predicted molar refractivity (Wildman–Crippen MR) is 74.1 cm³/mol. The molecule has 1 aliphatic heterocycles. The van der Waals surface area contributed by atoms with Crippen LogP contribution in [0.5, 0.6) is 0 Å². The molecule has 0 bridgehead atoms. The second-order valence-corrected chi connectivity index (χ2v) is 11.8. The first-order valence-electron chi connectivity index (χ1n) is 5.66. The fourth-order valence-corrected chi connectivity index (χ4v) is 3.99. The highest BCUT2D eigenvalue weighted by Gasteiger charge is 2.51. The van der Waals surface area contributed by atoms with Crippen LogP contribution in [0.3, 0.4) is 0 Å². The average molecular weight is 258 g/mol. The van der Waals surface area contributed by atoms with Crippen molar-refractivity contribution in [3.05, 3.63) is 0 Å². The molecule has 5 heteroatoms. The molecule has 0 aromatic heterocycles. The van der Waals surface area contributed by atoms with E-state index < -0.39 is 8.24 Å². The molecule has 0 aromatic rings. The smallest absolute Gasteiger partial charge is 0.239 e. The highest BCUT2D eigenvalue weighted by molar-refractivity contribution is 7.80. The Bertz CT molecular complexity index is 322. The van der Waals surface area contributed by atoms with Gasteiger partial charge in [-0.3, -0.25) is 4.79 Å². The minimum atomic E-state index is -1.68. The first-order valence-corrected chi connectivity index (χ1v) is 9.01. The summed E-state index contributed by atoms with van der Waals surface area (Å²) in [5.41, 5.74) is 0. The Morgan fingerprint density at radius 2 is 2.00 bits per heavy atom. The number of nitrogens with zero attached hydrogens (tertiary/aromatic N) is 1. The van der Waals surface area contributed by atoms with Crippen molar-refractivity contribution in [1.29, 1.82) is 0 Å². The van der Waals surface area contributed by atoms with Crippen molar-refractivity contribution in [3.63, 3.8) is 0 Å². The number of nitrogens with one attached hydrogen (secondary N) is 1. The van der Waals surface area contributed by atoms with Crippen LogP contribution in [0.2, 0.25) is 18.1 Å². The quantitative estimate of drug-likeness (QED) is 0.468. The number of carbonyl (C=O) groups is 1. The Hall–Kier alpha value is -0.423. The van der Waals surface area contributed by atoms with Crippen LogP contribution in [-0.4, -0.2) is 36.3 Å². The highest BCUT2D eigenvalue weighted by atomic mass is 32.1. The van der Waals surface area contributed by atoms with E-state index in [-0.39, 0.29) is 17.0 Å². The van der Waals surface area contributed by atoms with Gasteiger partial charge in [0.2, 0.25) is 5.91 Å². The second kappa shape index (κ2) is 4.11. The lowest BCUT2D eigenvalue weighted by molar-refractivity contribution is -0.137. The van der Waals surface area contributed by atoms with Crippen molar-refractivity contribution >= 4 is 31.3 Å². The molecule has 92 valence electrons. The van der Waals surface area contributed by atoms with Crippen molar-refractivity contribution in [1.82, 2.24) is 9.88 Å². The van der Waals surface area contributed by atoms with Gasteiger partial charge >= 0.3 is 0 Å².